The van der Waals surface area contributed by atoms with Crippen molar-refractivity contribution >= 4 is 23.0 Å². The molecular formula is C15H24N4S. The van der Waals surface area contributed by atoms with Crippen molar-refractivity contribution in [1.29, 1.82) is 0 Å². The molecule has 1 aliphatic heterocycles. The number of anilines is 1. The SMILES string of the molecule is Cc1cc(C(N)=S)cc(NCC2(C)CCN(C)CC2)n1. The smallest absolute Gasteiger partial charge is 0.126 e. The van der Waals surface area contributed by atoms with Gasteiger partial charge in [-0.05, 0) is 57.5 Å². The maximum absolute atomic E-state index is 5.70. The van der Waals surface area contributed by atoms with E-state index in [4.69, 9.17) is 18.0 Å². The first-order valence-electron chi connectivity index (χ1n) is 7.09. The van der Waals surface area contributed by atoms with Gasteiger partial charge in [0.15, 0.2) is 0 Å². The molecule has 0 spiro atoms. The lowest BCUT2D eigenvalue weighted by atomic mass is 9.80. The van der Waals surface area contributed by atoms with Crippen molar-refractivity contribution in [3.8, 4) is 0 Å². The van der Waals surface area contributed by atoms with Gasteiger partial charge in [0.05, 0.1) is 0 Å². The monoisotopic (exact) mass is 292 g/mol. The largest absolute Gasteiger partial charge is 0.389 e. The van der Waals surface area contributed by atoms with Gasteiger partial charge in [0.25, 0.3) is 0 Å². The Morgan fingerprint density at radius 2 is 2.10 bits per heavy atom. The van der Waals surface area contributed by atoms with Crippen molar-refractivity contribution in [2.24, 2.45) is 11.1 Å². The van der Waals surface area contributed by atoms with Gasteiger partial charge in [0.1, 0.15) is 10.8 Å². The Balaban J connectivity index is 2.02. The van der Waals surface area contributed by atoms with E-state index in [0.717, 1.165) is 36.7 Å². The maximum Gasteiger partial charge on any atom is 0.126 e. The normalized spacial score (nSPS) is 18.8. The molecule has 3 N–H and O–H groups in total. The fourth-order valence-corrected chi connectivity index (χ4v) is 2.66. The minimum atomic E-state index is 0.335. The van der Waals surface area contributed by atoms with Crippen LogP contribution in [0.15, 0.2) is 12.1 Å². The molecular weight excluding hydrogens is 268 g/mol. The van der Waals surface area contributed by atoms with E-state index in [1.54, 1.807) is 0 Å². The van der Waals surface area contributed by atoms with E-state index in [1.807, 2.05) is 19.1 Å². The molecule has 4 nitrogen and oxygen atoms in total. The van der Waals surface area contributed by atoms with Crippen LogP contribution in [0.5, 0.6) is 0 Å². The van der Waals surface area contributed by atoms with Crippen molar-refractivity contribution < 1.29 is 0 Å². The Bertz CT molecular complexity index is 493. The van der Waals surface area contributed by atoms with Gasteiger partial charge in [-0.15, -0.1) is 0 Å². The molecule has 0 amide bonds. The quantitative estimate of drug-likeness (QED) is 0.833. The molecule has 0 saturated carbocycles. The third kappa shape index (κ3) is 3.90. The summed E-state index contributed by atoms with van der Waals surface area (Å²) < 4.78 is 0. The lowest BCUT2D eigenvalue weighted by Crippen LogP contribution is -2.40. The third-order valence-corrected chi connectivity index (χ3v) is 4.36. The second kappa shape index (κ2) is 6.06. The van der Waals surface area contributed by atoms with Gasteiger partial charge in [0, 0.05) is 17.8 Å². The van der Waals surface area contributed by atoms with Gasteiger partial charge in [0.2, 0.25) is 0 Å². The summed E-state index contributed by atoms with van der Waals surface area (Å²) in [4.78, 5) is 7.32. The Morgan fingerprint density at radius 1 is 1.45 bits per heavy atom. The highest BCUT2D eigenvalue weighted by Crippen LogP contribution is 2.30. The van der Waals surface area contributed by atoms with Crippen LogP contribution < -0.4 is 11.1 Å². The molecule has 20 heavy (non-hydrogen) atoms. The second-order valence-electron chi connectivity index (χ2n) is 6.21. The van der Waals surface area contributed by atoms with Gasteiger partial charge in [-0.2, -0.15) is 0 Å². The van der Waals surface area contributed by atoms with Gasteiger partial charge in [-0.25, -0.2) is 4.98 Å². The molecule has 1 fully saturated rings. The van der Waals surface area contributed by atoms with E-state index in [-0.39, 0.29) is 0 Å². The van der Waals surface area contributed by atoms with Gasteiger partial charge in [-0.3, -0.25) is 0 Å². The summed E-state index contributed by atoms with van der Waals surface area (Å²) in [6.45, 7) is 7.57. The van der Waals surface area contributed by atoms with Crippen molar-refractivity contribution in [3.63, 3.8) is 0 Å². The number of nitrogens with zero attached hydrogens (tertiary/aromatic N) is 2. The minimum absolute atomic E-state index is 0.335. The minimum Gasteiger partial charge on any atom is -0.389 e. The molecule has 1 aliphatic rings. The Kier molecular flexibility index (Phi) is 4.60. The third-order valence-electron chi connectivity index (χ3n) is 4.13. The number of rotatable bonds is 4. The number of aromatic nitrogens is 1. The summed E-state index contributed by atoms with van der Waals surface area (Å²) in [5.41, 5.74) is 7.85. The molecule has 2 rings (SSSR count). The lowest BCUT2D eigenvalue weighted by Gasteiger charge is -2.38. The van der Waals surface area contributed by atoms with E-state index in [9.17, 15) is 0 Å². The van der Waals surface area contributed by atoms with Crippen molar-refractivity contribution in [1.82, 2.24) is 9.88 Å². The molecule has 110 valence electrons. The highest BCUT2D eigenvalue weighted by atomic mass is 32.1. The highest BCUT2D eigenvalue weighted by molar-refractivity contribution is 7.80. The first kappa shape index (κ1) is 15.2. The predicted molar refractivity (Wildman–Crippen MR) is 88.2 cm³/mol. The van der Waals surface area contributed by atoms with Crippen LogP contribution in [0.25, 0.3) is 0 Å². The molecule has 0 radical (unpaired) electrons. The number of hydrogen-bond donors (Lipinski definition) is 2. The van der Waals surface area contributed by atoms with Crippen LogP contribution in [-0.4, -0.2) is 41.6 Å². The summed E-state index contributed by atoms with van der Waals surface area (Å²) in [6.07, 6.45) is 2.43. The summed E-state index contributed by atoms with van der Waals surface area (Å²) in [5.74, 6) is 0.868. The first-order valence-corrected chi connectivity index (χ1v) is 7.50. The predicted octanol–water partition coefficient (Wildman–Crippen LogP) is 2.17. The molecule has 1 saturated heterocycles. The van der Waals surface area contributed by atoms with E-state index in [2.05, 4.69) is 29.2 Å². The summed E-state index contributed by atoms with van der Waals surface area (Å²) in [7, 11) is 2.18. The van der Waals surface area contributed by atoms with Crippen LogP contribution in [0.3, 0.4) is 0 Å². The number of hydrogen-bond acceptors (Lipinski definition) is 4. The number of pyridine rings is 1. The molecule has 1 aromatic rings. The van der Waals surface area contributed by atoms with Crippen LogP contribution in [0.2, 0.25) is 0 Å². The number of nitrogens with one attached hydrogen (secondary N) is 1. The number of nitrogens with two attached hydrogens (primary N) is 1. The average Bonchev–Trinajstić information content (AvgIpc) is 2.40. The average molecular weight is 292 g/mol. The zero-order valence-electron chi connectivity index (χ0n) is 12.6. The number of likely N-dealkylation sites (tertiary alicyclic amines) is 1. The van der Waals surface area contributed by atoms with E-state index in [0.29, 0.717) is 10.4 Å². The Labute approximate surface area is 126 Å². The maximum atomic E-state index is 5.70. The first-order chi connectivity index (χ1) is 9.38. The molecule has 0 atom stereocenters. The van der Waals surface area contributed by atoms with Gasteiger partial charge >= 0.3 is 0 Å². The van der Waals surface area contributed by atoms with E-state index < -0.39 is 0 Å². The van der Waals surface area contributed by atoms with Crippen molar-refractivity contribution in [2.75, 3.05) is 32.0 Å². The van der Waals surface area contributed by atoms with Crippen molar-refractivity contribution in [3.05, 3.63) is 23.4 Å². The highest BCUT2D eigenvalue weighted by Gasteiger charge is 2.28. The summed E-state index contributed by atoms with van der Waals surface area (Å²) >= 11 is 5.04. The fourth-order valence-electron chi connectivity index (χ4n) is 2.54. The molecule has 0 aromatic carbocycles. The summed E-state index contributed by atoms with van der Waals surface area (Å²) in [6, 6.07) is 3.86. The lowest BCUT2D eigenvalue weighted by molar-refractivity contribution is 0.150. The zero-order valence-corrected chi connectivity index (χ0v) is 13.4. The van der Waals surface area contributed by atoms with Crippen LogP contribution >= 0.6 is 12.2 Å². The molecule has 0 unspecified atom stereocenters. The van der Waals surface area contributed by atoms with E-state index in [1.165, 1.54) is 12.8 Å². The molecule has 0 bridgehead atoms. The van der Waals surface area contributed by atoms with Crippen LogP contribution in [0.4, 0.5) is 5.82 Å². The zero-order chi connectivity index (χ0) is 14.8. The Hall–Kier alpha value is -1.20. The van der Waals surface area contributed by atoms with Crippen LogP contribution in [0, 0.1) is 12.3 Å². The second-order valence-corrected chi connectivity index (χ2v) is 6.65. The topological polar surface area (TPSA) is 54.2 Å². The fraction of sp³-hybridized carbons (Fsp3) is 0.600. The number of thiocarbonyl (C=S) groups is 1. The number of aryl methyl sites for hydroxylation is 1. The van der Waals surface area contributed by atoms with Gasteiger partial charge < -0.3 is 16.0 Å². The molecule has 0 aliphatic carbocycles. The van der Waals surface area contributed by atoms with E-state index >= 15 is 0 Å². The van der Waals surface area contributed by atoms with Crippen LogP contribution in [0.1, 0.15) is 31.0 Å². The molecule has 2 heterocycles. The molecule has 1 aromatic heterocycles. The Morgan fingerprint density at radius 3 is 2.70 bits per heavy atom. The summed E-state index contributed by atoms with van der Waals surface area (Å²) in [5, 5.41) is 3.46. The van der Waals surface area contributed by atoms with Crippen molar-refractivity contribution in [2.45, 2.75) is 26.7 Å². The molecule has 5 heteroatoms. The van der Waals surface area contributed by atoms with Crippen LogP contribution in [-0.2, 0) is 0 Å². The standard InChI is InChI=1S/C15H24N4S/c1-11-8-12(14(16)20)9-13(18-11)17-10-15(2)4-6-19(3)7-5-15/h8-9H,4-7,10H2,1-3H3,(H2,16,20)(H,17,18). The number of piperidine rings is 1. The van der Waals surface area contributed by atoms with Gasteiger partial charge in [-0.1, -0.05) is 19.1 Å².